The molecule has 0 radical (unpaired) electrons. The van der Waals surface area contributed by atoms with Crippen LogP contribution in [-0.2, 0) is 0 Å². The predicted molar refractivity (Wildman–Crippen MR) is 77.4 cm³/mol. The molecule has 0 atom stereocenters. The van der Waals surface area contributed by atoms with Crippen LogP contribution in [0, 0.1) is 0 Å². The molecule has 0 aliphatic rings. The van der Waals surface area contributed by atoms with Gasteiger partial charge >= 0.3 is 0 Å². The van der Waals surface area contributed by atoms with E-state index in [-0.39, 0.29) is 0 Å². The first-order valence-corrected chi connectivity index (χ1v) is 6.71. The normalized spacial score (nSPS) is 10.8. The van der Waals surface area contributed by atoms with Crippen molar-refractivity contribution in [1.29, 1.82) is 0 Å². The first kappa shape index (κ1) is 11.4. The molecular weight excluding hydrogens is 266 g/mol. The lowest BCUT2D eigenvalue weighted by atomic mass is 10.1. The molecule has 0 saturated carbocycles. The average molecular weight is 276 g/mol. The molecule has 0 unspecified atom stereocenters. The number of benzene rings is 1. The minimum Gasteiger partial charge on any atom is -0.372 e. The summed E-state index contributed by atoms with van der Waals surface area (Å²) in [4.78, 5) is 9.54. The van der Waals surface area contributed by atoms with Crippen molar-refractivity contribution in [2.75, 3.05) is 12.4 Å². The Bertz CT molecular complexity index is 691. The highest BCUT2D eigenvalue weighted by atomic mass is 35.5. The van der Waals surface area contributed by atoms with E-state index in [1.807, 2.05) is 31.3 Å². The van der Waals surface area contributed by atoms with Crippen LogP contribution >= 0.6 is 22.9 Å². The van der Waals surface area contributed by atoms with Gasteiger partial charge in [-0.2, -0.15) is 0 Å². The Morgan fingerprint density at radius 1 is 1.17 bits per heavy atom. The van der Waals surface area contributed by atoms with Crippen molar-refractivity contribution in [3.05, 3.63) is 41.0 Å². The van der Waals surface area contributed by atoms with E-state index in [2.05, 4.69) is 20.7 Å². The van der Waals surface area contributed by atoms with Crippen LogP contribution in [-0.4, -0.2) is 17.0 Å². The number of nitrogens with one attached hydrogen (secondary N) is 1. The lowest BCUT2D eigenvalue weighted by Gasteiger charge is -2.04. The third-order valence-corrected chi connectivity index (χ3v) is 3.90. The number of fused-ring (bicyclic) bond motifs is 1. The van der Waals surface area contributed by atoms with Crippen LogP contribution in [0.3, 0.4) is 0 Å². The number of aromatic nitrogens is 2. The monoisotopic (exact) mass is 275 g/mol. The molecule has 2 aromatic heterocycles. The van der Waals surface area contributed by atoms with Crippen LogP contribution in [0.1, 0.15) is 0 Å². The molecule has 0 aliphatic heterocycles. The number of rotatable bonds is 2. The average Bonchev–Trinajstić information content (AvgIpc) is 2.83. The van der Waals surface area contributed by atoms with Crippen molar-refractivity contribution in [3.8, 4) is 11.1 Å². The van der Waals surface area contributed by atoms with Gasteiger partial charge in [-0.3, -0.25) is 0 Å². The molecule has 0 bridgehead atoms. The molecule has 90 valence electrons. The van der Waals surface area contributed by atoms with Crippen LogP contribution < -0.4 is 5.32 Å². The number of nitrogens with zero attached hydrogens (tertiary/aromatic N) is 2. The number of thiophene rings is 1. The van der Waals surface area contributed by atoms with Crippen LogP contribution in [0.4, 0.5) is 5.82 Å². The third kappa shape index (κ3) is 1.83. The van der Waals surface area contributed by atoms with E-state index < -0.39 is 0 Å². The van der Waals surface area contributed by atoms with Gasteiger partial charge < -0.3 is 5.32 Å². The highest BCUT2D eigenvalue weighted by Crippen LogP contribution is 2.36. The van der Waals surface area contributed by atoms with Gasteiger partial charge in [-0.25, -0.2) is 9.97 Å². The summed E-state index contributed by atoms with van der Waals surface area (Å²) >= 11 is 7.53. The van der Waals surface area contributed by atoms with E-state index in [4.69, 9.17) is 11.6 Å². The Morgan fingerprint density at radius 3 is 2.67 bits per heavy atom. The van der Waals surface area contributed by atoms with E-state index >= 15 is 0 Å². The quantitative estimate of drug-likeness (QED) is 0.767. The van der Waals surface area contributed by atoms with Crippen molar-refractivity contribution in [2.45, 2.75) is 0 Å². The second-order valence-corrected chi connectivity index (χ2v) is 5.10. The Morgan fingerprint density at radius 2 is 1.94 bits per heavy atom. The van der Waals surface area contributed by atoms with Crippen molar-refractivity contribution >= 4 is 39.0 Å². The van der Waals surface area contributed by atoms with Crippen LogP contribution in [0.15, 0.2) is 36.0 Å². The maximum absolute atomic E-state index is 5.92. The third-order valence-electron chi connectivity index (χ3n) is 2.76. The van der Waals surface area contributed by atoms with Crippen molar-refractivity contribution in [2.24, 2.45) is 0 Å². The molecule has 2 heterocycles. The van der Waals surface area contributed by atoms with Gasteiger partial charge in [-0.15, -0.1) is 11.3 Å². The molecule has 0 fully saturated rings. The fourth-order valence-corrected chi connectivity index (χ4v) is 2.95. The molecule has 3 aromatic rings. The van der Waals surface area contributed by atoms with Crippen LogP contribution in [0.25, 0.3) is 21.3 Å². The van der Waals surface area contributed by atoms with Gasteiger partial charge in [0.1, 0.15) is 17.0 Å². The first-order chi connectivity index (χ1) is 8.79. The van der Waals surface area contributed by atoms with Gasteiger partial charge in [-0.05, 0) is 17.7 Å². The molecule has 0 saturated heterocycles. The zero-order valence-electron chi connectivity index (χ0n) is 9.64. The maximum Gasteiger partial charge on any atom is 0.138 e. The predicted octanol–water partition coefficient (Wildman–Crippen LogP) is 4.05. The van der Waals surface area contributed by atoms with Crippen molar-refractivity contribution in [1.82, 2.24) is 9.97 Å². The molecule has 0 aliphatic carbocycles. The summed E-state index contributed by atoms with van der Waals surface area (Å²) in [6.07, 6.45) is 1.58. The standard InChI is InChI=1S/C13H10ClN3S/c1-15-12-11-10(6-18-13(11)17-7-16-12)8-2-4-9(14)5-3-8/h2-7H,1H3,(H,15,16,17). The van der Waals surface area contributed by atoms with E-state index in [1.165, 1.54) is 0 Å². The van der Waals surface area contributed by atoms with Gasteiger partial charge in [0.25, 0.3) is 0 Å². The fraction of sp³-hybridized carbons (Fsp3) is 0.0769. The molecular formula is C13H10ClN3S. The molecule has 18 heavy (non-hydrogen) atoms. The highest BCUT2D eigenvalue weighted by Gasteiger charge is 2.11. The molecule has 5 heteroatoms. The Hall–Kier alpha value is -1.65. The summed E-state index contributed by atoms with van der Waals surface area (Å²) in [7, 11) is 1.87. The van der Waals surface area contributed by atoms with Crippen molar-refractivity contribution in [3.63, 3.8) is 0 Å². The number of anilines is 1. The molecule has 0 amide bonds. The summed E-state index contributed by atoms with van der Waals surface area (Å²) in [5, 5.41) is 7.01. The lowest BCUT2D eigenvalue weighted by molar-refractivity contribution is 1.22. The van der Waals surface area contributed by atoms with Gasteiger partial charge in [-0.1, -0.05) is 23.7 Å². The minimum absolute atomic E-state index is 0.739. The summed E-state index contributed by atoms with van der Waals surface area (Å²) in [6, 6.07) is 7.80. The Balaban J connectivity index is 2.26. The summed E-state index contributed by atoms with van der Waals surface area (Å²) in [5.74, 6) is 0.853. The SMILES string of the molecule is CNc1ncnc2scc(-c3ccc(Cl)cc3)c12. The molecule has 1 N–H and O–H groups in total. The largest absolute Gasteiger partial charge is 0.372 e. The smallest absolute Gasteiger partial charge is 0.138 e. The summed E-state index contributed by atoms with van der Waals surface area (Å²) in [5.41, 5.74) is 2.26. The van der Waals surface area contributed by atoms with Gasteiger partial charge in [0, 0.05) is 23.0 Å². The zero-order valence-corrected chi connectivity index (χ0v) is 11.2. The Kier molecular flexibility index (Phi) is 2.89. The summed E-state index contributed by atoms with van der Waals surface area (Å²) in [6.45, 7) is 0. The van der Waals surface area contributed by atoms with E-state index in [0.717, 1.165) is 32.2 Å². The van der Waals surface area contributed by atoms with Gasteiger partial charge in [0.15, 0.2) is 0 Å². The second kappa shape index (κ2) is 4.55. The van der Waals surface area contributed by atoms with Crippen molar-refractivity contribution < 1.29 is 0 Å². The topological polar surface area (TPSA) is 37.8 Å². The molecule has 1 aromatic carbocycles. The fourth-order valence-electron chi connectivity index (χ4n) is 1.91. The van der Waals surface area contributed by atoms with Gasteiger partial charge in [0.05, 0.1) is 5.39 Å². The lowest BCUT2D eigenvalue weighted by Crippen LogP contribution is -1.93. The second-order valence-electron chi connectivity index (χ2n) is 3.81. The zero-order chi connectivity index (χ0) is 12.5. The number of hydrogen-bond donors (Lipinski definition) is 1. The summed E-state index contributed by atoms with van der Waals surface area (Å²) < 4.78 is 0. The maximum atomic E-state index is 5.92. The van der Waals surface area contributed by atoms with E-state index in [0.29, 0.717) is 0 Å². The highest BCUT2D eigenvalue weighted by molar-refractivity contribution is 7.17. The molecule has 3 rings (SSSR count). The first-order valence-electron chi connectivity index (χ1n) is 5.45. The Labute approximate surface area is 113 Å². The molecule has 3 nitrogen and oxygen atoms in total. The number of halogens is 1. The van der Waals surface area contributed by atoms with Crippen LogP contribution in [0.5, 0.6) is 0 Å². The number of hydrogen-bond acceptors (Lipinski definition) is 4. The van der Waals surface area contributed by atoms with Gasteiger partial charge in [0.2, 0.25) is 0 Å². The minimum atomic E-state index is 0.739. The molecule has 0 spiro atoms. The van der Waals surface area contributed by atoms with E-state index in [9.17, 15) is 0 Å². The van der Waals surface area contributed by atoms with Crippen LogP contribution in [0.2, 0.25) is 5.02 Å². The van der Waals surface area contributed by atoms with E-state index in [1.54, 1.807) is 17.7 Å².